The number of carboxylic acids is 1. The summed E-state index contributed by atoms with van der Waals surface area (Å²) in [5, 5.41) is 18.7. The zero-order chi connectivity index (χ0) is 13.2. The van der Waals surface area contributed by atoms with Crippen LogP contribution in [0.1, 0.15) is 32.6 Å². The Morgan fingerprint density at radius 3 is 2.56 bits per heavy atom. The molecule has 2 aliphatic heterocycles. The maximum atomic E-state index is 10.9. The summed E-state index contributed by atoms with van der Waals surface area (Å²) < 4.78 is 0. The average Bonchev–Trinajstić information content (AvgIpc) is 2.78. The number of likely N-dealkylation sites (tertiary alicyclic amines) is 2. The molecule has 2 atom stereocenters. The van der Waals surface area contributed by atoms with E-state index in [4.69, 9.17) is 5.11 Å². The number of carbonyl (C=O) groups is 1. The van der Waals surface area contributed by atoms with Gasteiger partial charge >= 0.3 is 5.97 Å². The second-order valence-corrected chi connectivity index (χ2v) is 5.85. The molecule has 2 rings (SSSR count). The lowest BCUT2D eigenvalue weighted by Crippen LogP contribution is -2.47. The Hall–Kier alpha value is -0.650. The van der Waals surface area contributed by atoms with Gasteiger partial charge in [-0.1, -0.05) is 6.42 Å². The minimum Gasteiger partial charge on any atom is -0.479 e. The quantitative estimate of drug-likeness (QED) is 0.761. The van der Waals surface area contributed by atoms with Crippen LogP contribution < -0.4 is 0 Å². The van der Waals surface area contributed by atoms with Crippen LogP contribution in [-0.4, -0.2) is 70.3 Å². The van der Waals surface area contributed by atoms with Gasteiger partial charge in [-0.3, -0.25) is 9.80 Å². The molecule has 2 N–H and O–H groups in total. The molecule has 2 saturated heterocycles. The number of rotatable bonds is 4. The predicted molar refractivity (Wildman–Crippen MR) is 68.5 cm³/mol. The fourth-order valence-electron chi connectivity index (χ4n) is 3.04. The van der Waals surface area contributed by atoms with Gasteiger partial charge < -0.3 is 10.2 Å². The number of β-amino-alcohol motifs (C(OH)–C–C–N with tert-alkyl or cyclic N) is 1. The number of nitrogens with zero attached hydrogens (tertiary/aromatic N) is 2. The zero-order valence-electron chi connectivity index (χ0n) is 11.1. The van der Waals surface area contributed by atoms with E-state index >= 15 is 0 Å². The molecule has 0 saturated carbocycles. The van der Waals surface area contributed by atoms with E-state index in [1.165, 1.54) is 39.3 Å². The molecule has 2 heterocycles. The van der Waals surface area contributed by atoms with Crippen LogP contribution in [-0.2, 0) is 4.79 Å². The van der Waals surface area contributed by atoms with E-state index in [2.05, 4.69) is 9.80 Å². The Bertz CT molecular complexity index is 301. The number of aliphatic hydroxyl groups is 1. The van der Waals surface area contributed by atoms with Gasteiger partial charge in [-0.15, -0.1) is 0 Å². The van der Waals surface area contributed by atoms with E-state index in [-0.39, 0.29) is 6.54 Å². The van der Waals surface area contributed by atoms with Crippen LogP contribution in [0.4, 0.5) is 0 Å². The van der Waals surface area contributed by atoms with Crippen molar-refractivity contribution >= 4 is 5.97 Å². The fraction of sp³-hybridized carbons (Fsp3) is 0.923. The molecular formula is C13H24N2O3. The summed E-state index contributed by atoms with van der Waals surface area (Å²) in [5.74, 6) is -1.14. The molecular weight excluding hydrogens is 232 g/mol. The van der Waals surface area contributed by atoms with Gasteiger partial charge in [-0.05, 0) is 45.8 Å². The van der Waals surface area contributed by atoms with Gasteiger partial charge in [-0.2, -0.15) is 0 Å². The topological polar surface area (TPSA) is 64.0 Å². The van der Waals surface area contributed by atoms with Crippen molar-refractivity contribution in [2.45, 2.75) is 44.2 Å². The van der Waals surface area contributed by atoms with Crippen LogP contribution in [0.5, 0.6) is 0 Å². The largest absolute Gasteiger partial charge is 0.479 e. The molecule has 2 unspecified atom stereocenters. The van der Waals surface area contributed by atoms with Gasteiger partial charge in [0.1, 0.15) is 0 Å². The van der Waals surface area contributed by atoms with Crippen LogP contribution in [0.3, 0.4) is 0 Å². The van der Waals surface area contributed by atoms with Gasteiger partial charge in [0.25, 0.3) is 0 Å². The maximum Gasteiger partial charge on any atom is 0.336 e. The molecule has 0 aromatic rings. The molecule has 2 fully saturated rings. The molecule has 0 aliphatic carbocycles. The first-order chi connectivity index (χ1) is 8.49. The predicted octanol–water partition coefficient (Wildman–Crippen LogP) is 0.382. The van der Waals surface area contributed by atoms with Gasteiger partial charge in [0.05, 0.1) is 0 Å². The summed E-state index contributed by atoms with van der Waals surface area (Å²) in [6.45, 7) is 5.74. The van der Waals surface area contributed by atoms with Gasteiger partial charge in [-0.25, -0.2) is 4.79 Å². The summed E-state index contributed by atoms with van der Waals surface area (Å²) >= 11 is 0. The van der Waals surface area contributed by atoms with E-state index in [0.717, 1.165) is 19.5 Å². The highest BCUT2D eigenvalue weighted by Gasteiger charge is 2.36. The second kappa shape index (κ2) is 5.55. The third-order valence-electron chi connectivity index (χ3n) is 4.15. The minimum atomic E-state index is -1.63. The molecule has 104 valence electrons. The normalized spacial score (nSPS) is 30.2. The van der Waals surface area contributed by atoms with Gasteiger partial charge in [0.15, 0.2) is 5.60 Å². The highest BCUT2D eigenvalue weighted by molar-refractivity contribution is 5.76. The smallest absolute Gasteiger partial charge is 0.336 e. The van der Waals surface area contributed by atoms with Crippen LogP contribution in [0.15, 0.2) is 0 Å². The van der Waals surface area contributed by atoms with Crippen molar-refractivity contribution in [3.05, 3.63) is 0 Å². The minimum absolute atomic E-state index is 0.229. The number of carboxylic acid groups (broad SMARTS) is 1. The molecule has 0 aromatic heterocycles. The van der Waals surface area contributed by atoms with E-state index in [0.29, 0.717) is 6.04 Å². The van der Waals surface area contributed by atoms with E-state index in [9.17, 15) is 9.90 Å². The maximum absolute atomic E-state index is 10.9. The van der Waals surface area contributed by atoms with Crippen molar-refractivity contribution in [2.24, 2.45) is 0 Å². The number of piperidine rings is 1. The molecule has 0 amide bonds. The molecule has 2 aliphatic rings. The average molecular weight is 256 g/mol. The zero-order valence-corrected chi connectivity index (χ0v) is 11.1. The molecule has 18 heavy (non-hydrogen) atoms. The summed E-state index contributed by atoms with van der Waals surface area (Å²) in [5.41, 5.74) is -1.63. The number of hydrogen-bond donors (Lipinski definition) is 2. The monoisotopic (exact) mass is 256 g/mol. The Labute approximate surface area is 108 Å². The van der Waals surface area contributed by atoms with Crippen LogP contribution in [0, 0.1) is 0 Å². The van der Waals surface area contributed by atoms with Crippen molar-refractivity contribution < 1.29 is 15.0 Å². The SMILES string of the molecule is CC(O)(CN1CCC(N2CCCCC2)C1)C(=O)O. The molecule has 0 bridgehead atoms. The first-order valence-electron chi connectivity index (χ1n) is 6.91. The van der Waals surface area contributed by atoms with Crippen molar-refractivity contribution in [2.75, 3.05) is 32.7 Å². The standard InChI is InChI=1S/C13H24N2O3/c1-13(18,12(16)17)10-14-8-5-11(9-14)15-6-3-2-4-7-15/h11,18H,2-10H2,1H3,(H,16,17). The molecule has 5 heteroatoms. The highest BCUT2D eigenvalue weighted by Crippen LogP contribution is 2.21. The number of aliphatic carboxylic acids is 1. The van der Waals surface area contributed by atoms with E-state index < -0.39 is 11.6 Å². The fourth-order valence-corrected chi connectivity index (χ4v) is 3.04. The molecule has 0 radical (unpaired) electrons. The summed E-state index contributed by atoms with van der Waals surface area (Å²) in [4.78, 5) is 15.5. The lowest BCUT2D eigenvalue weighted by atomic mass is 10.1. The first-order valence-corrected chi connectivity index (χ1v) is 6.91. The van der Waals surface area contributed by atoms with Crippen molar-refractivity contribution in [3.63, 3.8) is 0 Å². The Morgan fingerprint density at radius 1 is 1.28 bits per heavy atom. The second-order valence-electron chi connectivity index (χ2n) is 5.85. The highest BCUT2D eigenvalue weighted by atomic mass is 16.4. The van der Waals surface area contributed by atoms with Gasteiger partial charge in [0, 0.05) is 19.1 Å². The molecule has 0 aromatic carbocycles. The molecule has 0 spiro atoms. The third-order valence-corrected chi connectivity index (χ3v) is 4.15. The Morgan fingerprint density at radius 2 is 1.94 bits per heavy atom. The van der Waals surface area contributed by atoms with Crippen molar-refractivity contribution in [1.29, 1.82) is 0 Å². The first kappa shape index (κ1) is 13.8. The van der Waals surface area contributed by atoms with Crippen molar-refractivity contribution in [1.82, 2.24) is 9.80 Å². The van der Waals surface area contributed by atoms with Crippen LogP contribution in [0.2, 0.25) is 0 Å². The number of hydrogen-bond acceptors (Lipinski definition) is 4. The Balaban J connectivity index is 1.82. The summed E-state index contributed by atoms with van der Waals surface area (Å²) in [6.07, 6.45) is 4.99. The van der Waals surface area contributed by atoms with Crippen molar-refractivity contribution in [3.8, 4) is 0 Å². The van der Waals surface area contributed by atoms with Crippen LogP contribution in [0.25, 0.3) is 0 Å². The van der Waals surface area contributed by atoms with E-state index in [1.807, 2.05) is 0 Å². The summed E-state index contributed by atoms with van der Waals surface area (Å²) in [6, 6.07) is 0.551. The molecule has 5 nitrogen and oxygen atoms in total. The third kappa shape index (κ3) is 3.22. The van der Waals surface area contributed by atoms with E-state index in [1.54, 1.807) is 0 Å². The summed E-state index contributed by atoms with van der Waals surface area (Å²) in [7, 11) is 0. The Kier molecular flexibility index (Phi) is 4.25. The van der Waals surface area contributed by atoms with Crippen LogP contribution >= 0.6 is 0 Å². The van der Waals surface area contributed by atoms with Gasteiger partial charge in [0.2, 0.25) is 0 Å². The lowest BCUT2D eigenvalue weighted by molar-refractivity contribution is -0.158. The lowest BCUT2D eigenvalue weighted by Gasteiger charge is -2.32.